The summed E-state index contributed by atoms with van der Waals surface area (Å²) >= 11 is 0. The van der Waals surface area contributed by atoms with E-state index in [9.17, 15) is 9.90 Å². The van der Waals surface area contributed by atoms with Crippen molar-refractivity contribution in [1.29, 1.82) is 0 Å². The average molecular weight is 296 g/mol. The maximum absolute atomic E-state index is 12.5. The fourth-order valence-corrected chi connectivity index (χ4v) is 2.94. The molecule has 1 atom stereocenters. The van der Waals surface area contributed by atoms with E-state index in [0.29, 0.717) is 13.2 Å². The molecular weight excluding hydrogens is 272 g/mol. The third-order valence-corrected chi connectivity index (χ3v) is 4.06. The minimum atomic E-state index is -1.36. The lowest BCUT2D eigenvalue weighted by atomic mass is 9.95. The van der Waals surface area contributed by atoms with Gasteiger partial charge in [-0.25, -0.2) is 0 Å². The third kappa shape index (κ3) is 3.71. The number of aryl methyl sites for hydroxylation is 1. The molecule has 0 radical (unpaired) electrons. The van der Waals surface area contributed by atoms with Crippen molar-refractivity contribution >= 4 is 0 Å². The van der Waals surface area contributed by atoms with Crippen molar-refractivity contribution in [1.82, 2.24) is 10.0 Å². The Morgan fingerprint density at radius 2 is 2.05 bits per heavy atom. The molecule has 1 aliphatic carbocycles. The van der Waals surface area contributed by atoms with Crippen LogP contribution in [0.25, 0.3) is 0 Å². The Morgan fingerprint density at radius 1 is 1.33 bits per heavy atom. The van der Waals surface area contributed by atoms with Crippen LogP contribution in [0, 0.1) is 0 Å². The summed E-state index contributed by atoms with van der Waals surface area (Å²) in [6.07, 6.45) is 4.93. The molecule has 0 bridgehead atoms. The molecule has 1 unspecified atom stereocenters. The van der Waals surface area contributed by atoms with Gasteiger partial charge in [-0.05, 0) is 37.3 Å². The Bertz CT molecular complexity index is 527. The van der Waals surface area contributed by atoms with Crippen LogP contribution in [-0.4, -0.2) is 28.6 Å². The van der Waals surface area contributed by atoms with E-state index in [1.54, 1.807) is 23.2 Å². The van der Waals surface area contributed by atoms with Crippen LogP contribution in [0.4, 0.5) is 0 Å². The molecule has 0 saturated carbocycles. The smallest absolute Gasteiger partial charge is 0.258 e. The van der Waals surface area contributed by atoms with Crippen molar-refractivity contribution in [3.05, 3.63) is 33.2 Å². The highest BCUT2D eigenvalue weighted by Crippen LogP contribution is 2.21. The van der Waals surface area contributed by atoms with E-state index >= 15 is 0 Å². The molecule has 2 rings (SSSR count). The summed E-state index contributed by atoms with van der Waals surface area (Å²) in [5.74, 6) is 0. The number of fused-ring (bicyclic) bond motifs is 1. The fraction of sp³-hybridized carbons (Fsp3) is 0.667. The average Bonchev–Trinajstić information content (AvgIpc) is 2.47. The predicted molar refractivity (Wildman–Crippen MR) is 78.3 cm³/mol. The lowest BCUT2D eigenvalue weighted by Crippen LogP contribution is -2.34. The van der Waals surface area contributed by atoms with E-state index in [-0.39, 0.29) is 11.1 Å². The number of hydrogen-bond acceptors (Lipinski definition) is 5. The number of aromatic nitrogens is 1. The van der Waals surface area contributed by atoms with Gasteiger partial charge in [0.1, 0.15) is 0 Å². The molecule has 1 aromatic heterocycles. The summed E-state index contributed by atoms with van der Waals surface area (Å²) in [6.45, 7) is 0.905. The molecule has 3 N–H and O–H groups in total. The molecule has 6 nitrogen and oxygen atoms in total. The zero-order valence-corrected chi connectivity index (χ0v) is 12.5. The van der Waals surface area contributed by atoms with Crippen molar-refractivity contribution in [2.75, 3.05) is 13.7 Å². The number of rotatable bonds is 5. The predicted octanol–water partition coefficient (Wildman–Crippen LogP) is 1.12. The van der Waals surface area contributed by atoms with Crippen molar-refractivity contribution in [2.45, 2.75) is 51.3 Å². The van der Waals surface area contributed by atoms with Crippen molar-refractivity contribution in [3.63, 3.8) is 0 Å². The second-order valence-corrected chi connectivity index (χ2v) is 5.47. The molecule has 0 spiro atoms. The van der Waals surface area contributed by atoms with Gasteiger partial charge in [0.05, 0.1) is 12.2 Å². The first kappa shape index (κ1) is 16.2. The Balaban J connectivity index is 2.51. The van der Waals surface area contributed by atoms with Gasteiger partial charge in [-0.1, -0.05) is 12.8 Å². The monoisotopic (exact) mass is 296 g/mol. The number of aliphatic hydroxyl groups is 1. The first-order valence-electron chi connectivity index (χ1n) is 7.51. The number of methoxy groups -OCH3 is 1. The van der Waals surface area contributed by atoms with E-state index in [2.05, 4.69) is 0 Å². The van der Waals surface area contributed by atoms with Crippen LogP contribution in [0.15, 0.2) is 10.9 Å². The summed E-state index contributed by atoms with van der Waals surface area (Å²) in [5.41, 5.74) is 3.81. The Kier molecular flexibility index (Phi) is 5.93. The number of aliphatic hydroxyl groups excluding tert-OH is 1. The van der Waals surface area contributed by atoms with Gasteiger partial charge >= 0.3 is 0 Å². The summed E-state index contributed by atoms with van der Waals surface area (Å²) in [4.78, 5) is 12.5. The van der Waals surface area contributed by atoms with E-state index in [1.165, 1.54) is 12.8 Å². The van der Waals surface area contributed by atoms with E-state index in [4.69, 9.17) is 9.94 Å². The van der Waals surface area contributed by atoms with Gasteiger partial charge in [-0.15, -0.1) is 0 Å². The zero-order chi connectivity index (χ0) is 15.2. The summed E-state index contributed by atoms with van der Waals surface area (Å²) < 4.78 is 6.78. The summed E-state index contributed by atoms with van der Waals surface area (Å²) in [6, 6.07) is 1.74. The molecule has 0 aromatic carbocycles. The highest BCUT2D eigenvalue weighted by atomic mass is 16.5. The van der Waals surface area contributed by atoms with Gasteiger partial charge in [0.15, 0.2) is 6.23 Å². The molecule has 1 aliphatic rings. The summed E-state index contributed by atoms with van der Waals surface area (Å²) in [5, 5.41) is 18.7. The van der Waals surface area contributed by atoms with Gasteiger partial charge in [0, 0.05) is 19.3 Å². The Hall–Kier alpha value is -1.21. The molecule has 0 aliphatic heterocycles. The van der Waals surface area contributed by atoms with Gasteiger partial charge in [-0.3, -0.25) is 4.79 Å². The molecule has 0 fully saturated rings. The number of nitrogens with zero attached hydrogens (tertiary/aromatic N) is 1. The molecule has 21 heavy (non-hydrogen) atoms. The molecule has 0 amide bonds. The van der Waals surface area contributed by atoms with E-state index in [0.717, 1.165) is 36.9 Å². The van der Waals surface area contributed by atoms with Crippen LogP contribution in [-0.2, 0) is 24.1 Å². The highest BCUT2D eigenvalue weighted by Gasteiger charge is 2.19. The van der Waals surface area contributed by atoms with E-state index < -0.39 is 6.23 Å². The zero-order valence-electron chi connectivity index (χ0n) is 12.5. The maximum atomic E-state index is 12.5. The van der Waals surface area contributed by atoms with Crippen LogP contribution in [0.3, 0.4) is 0 Å². The SMILES string of the molecule is COCCn1c2c(cc(C(O)NO)c1=O)CCCCCC2. The van der Waals surface area contributed by atoms with Crippen LogP contribution in [0.5, 0.6) is 0 Å². The van der Waals surface area contributed by atoms with Crippen LogP contribution in [0.1, 0.15) is 48.7 Å². The molecule has 1 heterocycles. The largest absolute Gasteiger partial charge is 0.383 e. The molecule has 118 valence electrons. The topological polar surface area (TPSA) is 83.7 Å². The fourth-order valence-electron chi connectivity index (χ4n) is 2.94. The minimum absolute atomic E-state index is 0.188. The third-order valence-electron chi connectivity index (χ3n) is 4.06. The quantitative estimate of drug-likeness (QED) is 0.560. The summed E-state index contributed by atoms with van der Waals surface area (Å²) in [7, 11) is 1.60. The lowest BCUT2D eigenvalue weighted by Gasteiger charge is -2.22. The first-order chi connectivity index (χ1) is 10.2. The van der Waals surface area contributed by atoms with Crippen molar-refractivity contribution in [2.24, 2.45) is 0 Å². The van der Waals surface area contributed by atoms with Crippen LogP contribution >= 0.6 is 0 Å². The number of pyridine rings is 1. The number of hydrogen-bond donors (Lipinski definition) is 3. The van der Waals surface area contributed by atoms with Gasteiger partial charge < -0.3 is 19.6 Å². The van der Waals surface area contributed by atoms with Gasteiger partial charge in [-0.2, -0.15) is 5.48 Å². The second-order valence-electron chi connectivity index (χ2n) is 5.47. The van der Waals surface area contributed by atoms with Crippen molar-refractivity contribution < 1.29 is 15.1 Å². The number of hydroxylamine groups is 1. The van der Waals surface area contributed by atoms with E-state index in [1.807, 2.05) is 0 Å². The van der Waals surface area contributed by atoms with Crippen LogP contribution < -0.4 is 11.0 Å². The van der Waals surface area contributed by atoms with Gasteiger partial charge in [0.25, 0.3) is 5.56 Å². The van der Waals surface area contributed by atoms with Crippen LogP contribution in [0.2, 0.25) is 0 Å². The molecule has 1 aromatic rings. The Morgan fingerprint density at radius 3 is 2.71 bits per heavy atom. The second kappa shape index (κ2) is 7.70. The lowest BCUT2D eigenvalue weighted by molar-refractivity contribution is -0.000539. The molecule has 6 heteroatoms. The molecular formula is C15H24N2O4. The number of ether oxygens (including phenoxy) is 1. The standard InChI is InChI=1S/C15H24N2O4/c1-21-9-8-17-13-7-5-3-2-4-6-11(13)10-12(15(17)19)14(18)16-20/h10,14,16,18,20H,2-9H2,1H3. The van der Waals surface area contributed by atoms with Gasteiger partial charge in [0.2, 0.25) is 0 Å². The molecule has 0 saturated heterocycles. The maximum Gasteiger partial charge on any atom is 0.258 e. The Labute approximate surface area is 124 Å². The highest BCUT2D eigenvalue weighted by molar-refractivity contribution is 5.29. The first-order valence-corrected chi connectivity index (χ1v) is 7.51. The normalized spacial score (nSPS) is 16.9. The van der Waals surface area contributed by atoms with Crippen molar-refractivity contribution in [3.8, 4) is 0 Å². The number of nitrogens with one attached hydrogen (secondary N) is 1. The minimum Gasteiger partial charge on any atom is -0.383 e.